The number of aromatic nitrogens is 4. The number of hydrogen-bond donors (Lipinski definition) is 0. The molecule has 6 rings (SSSR count). The Hall–Kier alpha value is -4.39. The third kappa shape index (κ3) is 5.75. The van der Waals surface area contributed by atoms with Gasteiger partial charge in [-0.2, -0.15) is 14.6 Å². The monoisotopic (exact) mass is 587 g/mol. The van der Waals surface area contributed by atoms with E-state index in [0.29, 0.717) is 6.42 Å². The maximum absolute atomic E-state index is 12.3. The normalized spacial score (nSPS) is 20.3. The first-order chi connectivity index (χ1) is 20.9. The molecule has 0 atom stereocenters. The summed E-state index contributed by atoms with van der Waals surface area (Å²) in [5.41, 5.74) is 8.67. The van der Waals surface area contributed by atoms with Gasteiger partial charge in [-0.15, -0.1) is 0 Å². The van der Waals surface area contributed by atoms with Crippen LogP contribution in [0.3, 0.4) is 0 Å². The number of nitrogens with zero attached hydrogens (tertiary/aromatic N) is 5. The smallest absolute Gasteiger partial charge is 0.433 e. The van der Waals surface area contributed by atoms with Gasteiger partial charge in [0.05, 0.1) is 11.4 Å². The summed E-state index contributed by atoms with van der Waals surface area (Å²) in [5.74, 6) is 0. The van der Waals surface area contributed by atoms with Crippen molar-refractivity contribution in [2.45, 2.75) is 85.2 Å². The largest absolute Gasteiger partial charge is 0.442 e. The highest BCUT2D eigenvalue weighted by Crippen LogP contribution is 2.59. The summed E-state index contributed by atoms with van der Waals surface area (Å²) in [7, 11) is 0. The molecule has 2 aromatic carbocycles. The Labute approximate surface area is 259 Å². The summed E-state index contributed by atoms with van der Waals surface area (Å²) in [6.07, 6.45) is 6.99. The Balaban J connectivity index is 1.40. The number of rotatable bonds is 6. The lowest BCUT2D eigenvalue weighted by molar-refractivity contribution is 0.0401. The van der Waals surface area contributed by atoms with Gasteiger partial charge in [-0.1, -0.05) is 74.4 Å². The fraction of sp³-hybridized carbons (Fsp3) is 0.378. The van der Waals surface area contributed by atoms with Gasteiger partial charge in [0.2, 0.25) is 0 Å². The van der Waals surface area contributed by atoms with Gasteiger partial charge in [-0.25, -0.2) is 14.8 Å². The van der Waals surface area contributed by atoms with E-state index in [1.807, 2.05) is 44.5 Å². The van der Waals surface area contributed by atoms with Gasteiger partial charge in [0.15, 0.2) is 11.3 Å². The number of hydrogen-bond acceptors (Lipinski definition) is 5. The molecule has 3 aromatic heterocycles. The van der Waals surface area contributed by atoms with Crippen LogP contribution in [0, 0.1) is 19.3 Å². The van der Waals surface area contributed by atoms with Crippen molar-refractivity contribution >= 4 is 29.0 Å². The molecule has 7 heteroatoms. The molecule has 0 bridgehead atoms. The molecule has 44 heavy (non-hydrogen) atoms. The van der Waals surface area contributed by atoms with Crippen LogP contribution in [-0.2, 0) is 10.2 Å². The van der Waals surface area contributed by atoms with Crippen molar-refractivity contribution < 1.29 is 9.53 Å². The van der Waals surface area contributed by atoms with Crippen LogP contribution < -0.4 is 0 Å². The number of ether oxygens (including phenoxy) is 1. The van der Waals surface area contributed by atoms with Crippen LogP contribution in [0.15, 0.2) is 71.9 Å². The number of carbonyl (C=O) groups excluding carboxylic acids is 1. The molecule has 0 aliphatic heterocycles. The van der Waals surface area contributed by atoms with E-state index >= 15 is 0 Å². The third-order valence-corrected chi connectivity index (χ3v) is 8.94. The molecule has 1 aliphatic rings. The molecule has 1 saturated carbocycles. The lowest BCUT2D eigenvalue weighted by atomic mass is 9.49. The molecule has 1 fully saturated rings. The predicted molar refractivity (Wildman–Crippen MR) is 177 cm³/mol. The molecule has 1 aliphatic carbocycles. The van der Waals surface area contributed by atoms with Crippen molar-refractivity contribution in [3.05, 3.63) is 83.7 Å². The maximum Gasteiger partial charge on any atom is 0.433 e. The van der Waals surface area contributed by atoms with Gasteiger partial charge in [0.25, 0.3) is 0 Å². The summed E-state index contributed by atoms with van der Waals surface area (Å²) in [4.78, 5) is 26.3. The zero-order chi connectivity index (χ0) is 31.3. The molecule has 0 unspecified atom stereocenters. The molecule has 0 N–H and O–H groups in total. The Morgan fingerprint density at radius 3 is 2.48 bits per heavy atom. The summed E-state index contributed by atoms with van der Waals surface area (Å²) < 4.78 is 7.23. The van der Waals surface area contributed by atoms with E-state index in [1.165, 1.54) is 11.1 Å². The molecule has 3 heterocycles. The first-order valence-corrected chi connectivity index (χ1v) is 15.5. The number of benzene rings is 2. The fourth-order valence-corrected chi connectivity index (χ4v) is 6.77. The minimum Gasteiger partial charge on any atom is -0.442 e. The molecule has 7 nitrogen and oxygen atoms in total. The number of amides is 1. The second kappa shape index (κ2) is 11.0. The Kier molecular flexibility index (Phi) is 7.39. The topological polar surface area (TPSA) is 81.7 Å². The van der Waals surface area contributed by atoms with Crippen LogP contribution in [-0.4, -0.2) is 37.5 Å². The average molecular weight is 588 g/mol. The first kappa shape index (κ1) is 29.7. The molecule has 0 radical (unpaired) electrons. The van der Waals surface area contributed by atoms with Crippen molar-refractivity contribution in [2.24, 2.45) is 10.4 Å². The Bertz CT molecular complexity index is 1890. The van der Waals surface area contributed by atoms with Gasteiger partial charge in [-0.05, 0) is 76.5 Å². The highest BCUT2D eigenvalue weighted by molar-refractivity contribution is 5.91. The van der Waals surface area contributed by atoms with Crippen molar-refractivity contribution in [3.8, 4) is 22.4 Å². The van der Waals surface area contributed by atoms with Gasteiger partial charge in [0.1, 0.15) is 5.60 Å². The fourth-order valence-electron chi connectivity index (χ4n) is 6.77. The van der Waals surface area contributed by atoms with Gasteiger partial charge in [-0.3, -0.25) is 0 Å². The van der Waals surface area contributed by atoms with Crippen LogP contribution >= 0.6 is 0 Å². The van der Waals surface area contributed by atoms with Gasteiger partial charge < -0.3 is 4.74 Å². The summed E-state index contributed by atoms with van der Waals surface area (Å²) >= 11 is 0. The summed E-state index contributed by atoms with van der Waals surface area (Å²) in [5, 5.41) is 5.62. The van der Waals surface area contributed by atoms with Gasteiger partial charge in [0, 0.05) is 40.4 Å². The van der Waals surface area contributed by atoms with E-state index in [-0.39, 0.29) is 10.8 Å². The molecule has 0 saturated heterocycles. The SMILES string of the molecule is CCC1(C)CC(CC=NC(=O)OC(C)(C)C)(c2ccc(-c3nc4c(cnc5cc(C)nn54)cc3-c3cccc(C)c3)cc2)C1. The standard InChI is InChI=1S/C37H41N5O2/c1-8-36(7)22-37(23-36,16-17-38-34(43)44-35(4,5)6)29-14-12-26(13-15-29)32-30(27-11-9-10-24(2)18-27)20-28-21-39-31-19-25(3)41-42(31)33(28)40-32/h9-15,17-21H,8,16,22-23H2,1-7H3. The van der Waals surface area contributed by atoms with E-state index in [2.05, 4.69) is 90.4 Å². The minimum atomic E-state index is -0.564. The minimum absolute atomic E-state index is 0.0740. The first-order valence-electron chi connectivity index (χ1n) is 15.5. The number of fused-ring (bicyclic) bond motifs is 3. The Morgan fingerprint density at radius 2 is 1.80 bits per heavy atom. The second-order valence-electron chi connectivity index (χ2n) is 13.9. The lowest BCUT2D eigenvalue weighted by Crippen LogP contribution is -2.48. The summed E-state index contributed by atoms with van der Waals surface area (Å²) in [6, 6.07) is 21.5. The van der Waals surface area contributed by atoms with Crippen molar-refractivity contribution in [1.29, 1.82) is 0 Å². The molecular formula is C37H41N5O2. The van der Waals surface area contributed by atoms with E-state index in [0.717, 1.165) is 64.0 Å². The van der Waals surface area contributed by atoms with Gasteiger partial charge >= 0.3 is 6.09 Å². The quantitative estimate of drug-likeness (QED) is 0.185. The number of carbonyl (C=O) groups is 1. The predicted octanol–water partition coefficient (Wildman–Crippen LogP) is 9.07. The highest BCUT2D eigenvalue weighted by atomic mass is 16.6. The Morgan fingerprint density at radius 1 is 1.05 bits per heavy atom. The average Bonchev–Trinajstić information content (AvgIpc) is 3.35. The van der Waals surface area contributed by atoms with E-state index < -0.39 is 11.7 Å². The molecular weight excluding hydrogens is 546 g/mol. The summed E-state index contributed by atoms with van der Waals surface area (Å²) in [6.45, 7) is 14.3. The zero-order valence-corrected chi connectivity index (χ0v) is 26.8. The highest BCUT2D eigenvalue weighted by Gasteiger charge is 2.51. The molecule has 0 spiro atoms. The van der Waals surface area contributed by atoms with E-state index in [1.54, 1.807) is 6.21 Å². The molecule has 226 valence electrons. The third-order valence-electron chi connectivity index (χ3n) is 8.94. The van der Waals surface area contributed by atoms with Crippen molar-refractivity contribution in [2.75, 3.05) is 0 Å². The van der Waals surface area contributed by atoms with Crippen molar-refractivity contribution in [1.82, 2.24) is 19.6 Å². The lowest BCUT2D eigenvalue weighted by Gasteiger charge is -2.55. The van der Waals surface area contributed by atoms with E-state index in [4.69, 9.17) is 9.72 Å². The molecule has 5 aromatic rings. The van der Waals surface area contributed by atoms with Crippen molar-refractivity contribution in [3.63, 3.8) is 0 Å². The number of aliphatic imine (C=N–C) groups is 1. The maximum atomic E-state index is 12.3. The number of aryl methyl sites for hydroxylation is 2. The zero-order valence-electron chi connectivity index (χ0n) is 26.8. The second-order valence-corrected chi connectivity index (χ2v) is 13.9. The van der Waals surface area contributed by atoms with Crippen LogP contribution in [0.1, 0.15) is 77.1 Å². The molecule has 1 amide bonds. The van der Waals surface area contributed by atoms with Crippen LogP contribution in [0.2, 0.25) is 0 Å². The van der Waals surface area contributed by atoms with Crippen LogP contribution in [0.25, 0.3) is 39.1 Å². The van der Waals surface area contributed by atoms with E-state index in [9.17, 15) is 4.79 Å². The number of pyridine rings is 1. The van der Waals surface area contributed by atoms with Crippen LogP contribution in [0.5, 0.6) is 0 Å². The van der Waals surface area contributed by atoms with Crippen LogP contribution in [0.4, 0.5) is 4.79 Å².